The van der Waals surface area contributed by atoms with E-state index in [1.165, 1.54) is 5.01 Å². The van der Waals surface area contributed by atoms with Gasteiger partial charge in [-0.3, -0.25) is 14.5 Å². The van der Waals surface area contributed by atoms with Crippen molar-refractivity contribution in [2.24, 2.45) is 5.10 Å². The first-order valence-electron chi connectivity index (χ1n) is 12.1. The van der Waals surface area contributed by atoms with Crippen molar-refractivity contribution in [3.05, 3.63) is 65.7 Å². The Morgan fingerprint density at radius 3 is 2.37 bits per heavy atom. The van der Waals surface area contributed by atoms with Crippen LogP contribution in [-0.4, -0.2) is 64.6 Å². The summed E-state index contributed by atoms with van der Waals surface area (Å²) in [7, 11) is 3.29. The first kappa shape index (κ1) is 23.1. The number of likely N-dealkylation sites (N-methyl/N-ethyl adjacent to an activating group) is 1. The van der Waals surface area contributed by atoms with E-state index >= 15 is 0 Å². The highest BCUT2D eigenvalue weighted by molar-refractivity contribution is 6.09. The molecule has 2 aliphatic heterocycles. The zero-order valence-corrected chi connectivity index (χ0v) is 20.1. The van der Waals surface area contributed by atoms with Gasteiger partial charge in [-0.2, -0.15) is 5.10 Å². The summed E-state index contributed by atoms with van der Waals surface area (Å²) in [6.07, 6.45) is 4.70. The molecule has 35 heavy (non-hydrogen) atoms. The largest absolute Gasteiger partial charge is 0.497 e. The number of hydrazone groups is 1. The van der Waals surface area contributed by atoms with E-state index < -0.39 is 11.6 Å². The van der Waals surface area contributed by atoms with Crippen LogP contribution in [0.2, 0.25) is 0 Å². The van der Waals surface area contributed by atoms with Crippen molar-refractivity contribution in [2.75, 3.05) is 20.7 Å². The standard InChI is InChI=1S/C27H30N4O4/c1-29-26(34)30(25(33)27(29)15-7-4-8-16-27)18-24(32)31-23(20-11-13-21(35-2)14-12-20)17-22(28-31)19-9-5-3-6-10-19/h3,5-6,9-14,23H,4,7-8,15-18H2,1-2H3. The van der Waals surface area contributed by atoms with Gasteiger partial charge in [-0.25, -0.2) is 9.80 Å². The highest BCUT2D eigenvalue weighted by Gasteiger charge is 2.56. The fraction of sp³-hybridized carbons (Fsp3) is 0.407. The number of rotatable bonds is 5. The van der Waals surface area contributed by atoms with Gasteiger partial charge < -0.3 is 9.64 Å². The Kier molecular flexibility index (Phi) is 6.05. The van der Waals surface area contributed by atoms with Crippen molar-refractivity contribution in [1.29, 1.82) is 0 Å². The third kappa shape index (κ3) is 3.96. The van der Waals surface area contributed by atoms with Gasteiger partial charge in [-0.1, -0.05) is 61.7 Å². The molecule has 3 aliphatic rings. The van der Waals surface area contributed by atoms with Gasteiger partial charge >= 0.3 is 6.03 Å². The van der Waals surface area contributed by atoms with E-state index in [2.05, 4.69) is 5.10 Å². The van der Waals surface area contributed by atoms with E-state index in [-0.39, 0.29) is 24.4 Å². The molecule has 0 aromatic heterocycles. The molecular weight excluding hydrogens is 444 g/mol. The molecule has 1 unspecified atom stereocenters. The first-order valence-corrected chi connectivity index (χ1v) is 12.1. The maximum Gasteiger partial charge on any atom is 0.327 e. The molecule has 0 bridgehead atoms. The summed E-state index contributed by atoms with van der Waals surface area (Å²) in [5, 5.41) is 6.12. The summed E-state index contributed by atoms with van der Waals surface area (Å²) in [5.74, 6) is 0.0908. The van der Waals surface area contributed by atoms with Crippen LogP contribution in [0.5, 0.6) is 5.75 Å². The number of amides is 4. The van der Waals surface area contributed by atoms with Gasteiger partial charge in [-0.15, -0.1) is 0 Å². The van der Waals surface area contributed by atoms with Gasteiger partial charge in [0, 0.05) is 13.5 Å². The number of benzene rings is 2. The highest BCUT2D eigenvalue weighted by Crippen LogP contribution is 2.40. The highest BCUT2D eigenvalue weighted by atomic mass is 16.5. The number of carbonyl (C=O) groups excluding carboxylic acids is 3. The maximum atomic E-state index is 13.6. The molecule has 1 saturated heterocycles. The van der Waals surface area contributed by atoms with Crippen molar-refractivity contribution in [2.45, 2.75) is 50.1 Å². The number of carbonyl (C=O) groups is 3. The predicted octanol–water partition coefficient (Wildman–Crippen LogP) is 3.97. The molecule has 8 heteroatoms. The molecule has 5 rings (SSSR count). The second-order valence-corrected chi connectivity index (χ2v) is 9.47. The number of nitrogens with zero attached hydrogens (tertiary/aromatic N) is 4. The van der Waals surface area contributed by atoms with E-state index in [0.29, 0.717) is 19.3 Å². The molecule has 2 aromatic carbocycles. The van der Waals surface area contributed by atoms with Crippen LogP contribution in [0.4, 0.5) is 4.79 Å². The van der Waals surface area contributed by atoms with Crippen LogP contribution < -0.4 is 4.74 Å². The van der Waals surface area contributed by atoms with Gasteiger partial charge in [0.25, 0.3) is 11.8 Å². The number of imide groups is 1. The second kappa shape index (κ2) is 9.17. The fourth-order valence-electron chi connectivity index (χ4n) is 5.51. The van der Waals surface area contributed by atoms with Crippen molar-refractivity contribution >= 4 is 23.6 Å². The third-order valence-electron chi connectivity index (χ3n) is 7.55. The molecule has 1 saturated carbocycles. The summed E-state index contributed by atoms with van der Waals surface area (Å²) >= 11 is 0. The monoisotopic (exact) mass is 474 g/mol. The van der Waals surface area contributed by atoms with Gasteiger partial charge in [0.15, 0.2) is 0 Å². The summed E-state index contributed by atoms with van der Waals surface area (Å²) in [5.41, 5.74) is 1.83. The number of methoxy groups -OCH3 is 1. The van der Waals surface area contributed by atoms with Crippen molar-refractivity contribution in [1.82, 2.24) is 14.8 Å². The number of ether oxygens (including phenoxy) is 1. The Hall–Kier alpha value is -3.68. The molecule has 8 nitrogen and oxygen atoms in total. The average Bonchev–Trinajstić information content (AvgIpc) is 3.42. The Balaban J connectivity index is 1.42. The molecule has 2 fully saturated rings. The molecule has 2 heterocycles. The lowest BCUT2D eigenvalue weighted by molar-refractivity contribution is -0.141. The van der Waals surface area contributed by atoms with Crippen LogP contribution in [0.25, 0.3) is 0 Å². The molecule has 1 spiro atoms. The minimum atomic E-state index is -0.811. The Morgan fingerprint density at radius 1 is 1.03 bits per heavy atom. The summed E-state index contributed by atoms with van der Waals surface area (Å²) < 4.78 is 5.28. The molecule has 0 N–H and O–H groups in total. The number of urea groups is 1. The lowest BCUT2D eigenvalue weighted by Crippen LogP contribution is -2.49. The molecule has 2 aromatic rings. The Labute approximate surface area is 205 Å². The van der Waals surface area contributed by atoms with Crippen LogP contribution in [0, 0.1) is 0 Å². The predicted molar refractivity (Wildman–Crippen MR) is 131 cm³/mol. The van der Waals surface area contributed by atoms with Gasteiger partial charge in [-0.05, 0) is 36.1 Å². The fourth-order valence-corrected chi connectivity index (χ4v) is 5.51. The van der Waals surface area contributed by atoms with E-state index in [1.807, 2.05) is 54.6 Å². The molecule has 182 valence electrons. The zero-order chi connectivity index (χ0) is 24.6. The van der Waals surface area contributed by atoms with E-state index in [4.69, 9.17) is 4.74 Å². The Morgan fingerprint density at radius 2 is 1.71 bits per heavy atom. The minimum absolute atomic E-state index is 0.259. The quantitative estimate of drug-likeness (QED) is 0.614. The normalized spacial score (nSPS) is 21.6. The number of hydrogen-bond donors (Lipinski definition) is 0. The molecule has 0 radical (unpaired) electrons. The SMILES string of the molecule is COc1ccc(C2CC(c3ccccc3)=NN2C(=O)CN2C(=O)N(C)C3(CCCCC3)C2=O)cc1. The van der Waals surface area contributed by atoms with Crippen molar-refractivity contribution < 1.29 is 19.1 Å². The summed E-state index contributed by atoms with van der Waals surface area (Å²) in [6.45, 7) is -0.317. The van der Waals surface area contributed by atoms with Gasteiger partial charge in [0.05, 0.1) is 18.9 Å². The topological polar surface area (TPSA) is 82.5 Å². The molecule has 1 atom stereocenters. The van der Waals surface area contributed by atoms with Crippen LogP contribution in [0.3, 0.4) is 0 Å². The Bertz CT molecular complexity index is 1160. The molecular formula is C27H30N4O4. The van der Waals surface area contributed by atoms with Crippen molar-refractivity contribution in [3.63, 3.8) is 0 Å². The average molecular weight is 475 g/mol. The van der Waals surface area contributed by atoms with Crippen LogP contribution in [0.15, 0.2) is 59.7 Å². The van der Waals surface area contributed by atoms with Crippen LogP contribution in [-0.2, 0) is 9.59 Å². The zero-order valence-electron chi connectivity index (χ0n) is 20.1. The molecule has 1 aliphatic carbocycles. The van der Waals surface area contributed by atoms with Crippen LogP contribution >= 0.6 is 0 Å². The maximum absolute atomic E-state index is 13.6. The van der Waals surface area contributed by atoms with Crippen molar-refractivity contribution in [3.8, 4) is 5.75 Å². The third-order valence-corrected chi connectivity index (χ3v) is 7.55. The lowest BCUT2D eigenvalue weighted by atomic mass is 9.81. The minimum Gasteiger partial charge on any atom is -0.497 e. The van der Waals surface area contributed by atoms with E-state index in [9.17, 15) is 14.4 Å². The van der Waals surface area contributed by atoms with Crippen LogP contribution in [0.1, 0.15) is 55.7 Å². The first-order chi connectivity index (χ1) is 16.9. The summed E-state index contributed by atoms with van der Waals surface area (Å²) in [6, 6.07) is 16.6. The van der Waals surface area contributed by atoms with E-state index in [1.54, 1.807) is 19.1 Å². The lowest BCUT2D eigenvalue weighted by Gasteiger charge is -2.35. The summed E-state index contributed by atoms with van der Waals surface area (Å²) in [4.78, 5) is 42.7. The number of hydrogen-bond acceptors (Lipinski definition) is 5. The van der Waals surface area contributed by atoms with Gasteiger partial charge in [0.1, 0.15) is 17.8 Å². The second-order valence-electron chi connectivity index (χ2n) is 9.47. The smallest absolute Gasteiger partial charge is 0.327 e. The van der Waals surface area contributed by atoms with E-state index in [0.717, 1.165) is 46.8 Å². The van der Waals surface area contributed by atoms with Gasteiger partial charge in [0.2, 0.25) is 0 Å². The molecule has 4 amide bonds.